The van der Waals surface area contributed by atoms with Gasteiger partial charge in [0.1, 0.15) is 5.76 Å². The monoisotopic (exact) mass is 320 g/mol. The Morgan fingerprint density at radius 1 is 1.32 bits per heavy atom. The first-order chi connectivity index (χ1) is 10.7. The van der Waals surface area contributed by atoms with Crippen molar-refractivity contribution < 1.29 is 14.4 Å². The Bertz CT molecular complexity index is 667. The molecule has 5 nitrogen and oxygen atoms in total. The number of halogens is 1. The van der Waals surface area contributed by atoms with Crippen LogP contribution in [-0.4, -0.2) is 22.8 Å². The van der Waals surface area contributed by atoms with Crippen LogP contribution in [0.25, 0.3) is 0 Å². The molecule has 0 radical (unpaired) electrons. The number of aliphatic hydroxyl groups is 1. The lowest BCUT2D eigenvalue weighted by Gasteiger charge is -2.17. The molecule has 2 N–H and O–H groups in total. The molecule has 1 aromatic carbocycles. The zero-order chi connectivity index (χ0) is 15.5. The van der Waals surface area contributed by atoms with Crippen LogP contribution in [0.15, 0.2) is 28.8 Å². The van der Waals surface area contributed by atoms with Crippen LogP contribution in [0.3, 0.4) is 0 Å². The number of amides is 1. The van der Waals surface area contributed by atoms with E-state index < -0.39 is 6.04 Å². The zero-order valence-corrected chi connectivity index (χ0v) is 12.8. The fourth-order valence-corrected chi connectivity index (χ4v) is 2.85. The third-order valence-corrected chi connectivity index (χ3v) is 4.18. The summed E-state index contributed by atoms with van der Waals surface area (Å²) in [6.07, 6.45) is 3.74. The Balaban J connectivity index is 1.77. The number of fused-ring (bicyclic) bond motifs is 1. The summed E-state index contributed by atoms with van der Waals surface area (Å²) in [6.45, 7) is -0.201. The van der Waals surface area contributed by atoms with Crippen molar-refractivity contribution in [2.75, 3.05) is 6.61 Å². The number of hydrogen-bond donors (Lipinski definition) is 2. The number of carbonyl (C=O) groups is 1. The summed E-state index contributed by atoms with van der Waals surface area (Å²) in [4.78, 5) is 12.4. The fraction of sp³-hybridized carbons (Fsp3) is 0.375. The van der Waals surface area contributed by atoms with Gasteiger partial charge in [-0.3, -0.25) is 4.79 Å². The van der Waals surface area contributed by atoms with Gasteiger partial charge in [-0.1, -0.05) is 28.9 Å². The normalized spacial score (nSPS) is 15.2. The SMILES string of the molecule is O=C(NC(CO)c1ccc(Cl)cc1)c1noc2c1CCCC2. The summed E-state index contributed by atoms with van der Waals surface area (Å²) in [6, 6.07) is 6.51. The third kappa shape index (κ3) is 3.00. The van der Waals surface area contributed by atoms with Crippen LogP contribution in [0.2, 0.25) is 5.02 Å². The first-order valence-corrected chi connectivity index (χ1v) is 7.71. The van der Waals surface area contributed by atoms with Crippen molar-refractivity contribution in [3.63, 3.8) is 0 Å². The Morgan fingerprint density at radius 3 is 2.77 bits per heavy atom. The van der Waals surface area contributed by atoms with Gasteiger partial charge in [-0.2, -0.15) is 0 Å². The van der Waals surface area contributed by atoms with Gasteiger partial charge in [-0.25, -0.2) is 0 Å². The van der Waals surface area contributed by atoms with Crippen LogP contribution in [0, 0.1) is 0 Å². The standard InChI is InChI=1S/C16H17ClN2O3/c17-11-7-5-10(6-8-11)13(9-20)18-16(21)15-12-3-1-2-4-14(12)22-19-15/h5-8,13,20H,1-4,9H2,(H,18,21). The van der Waals surface area contributed by atoms with E-state index in [0.29, 0.717) is 10.7 Å². The van der Waals surface area contributed by atoms with Crippen molar-refractivity contribution in [2.24, 2.45) is 0 Å². The predicted molar refractivity (Wildman–Crippen MR) is 81.9 cm³/mol. The Hall–Kier alpha value is -1.85. The van der Waals surface area contributed by atoms with Gasteiger partial charge < -0.3 is 14.9 Å². The average molecular weight is 321 g/mol. The maximum absolute atomic E-state index is 12.4. The minimum atomic E-state index is -0.499. The van der Waals surface area contributed by atoms with E-state index in [1.807, 2.05) is 0 Å². The minimum Gasteiger partial charge on any atom is -0.394 e. The number of benzene rings is 1. The summed E-state index contributed by atoms with van der Waals surface area (Å²) < 4.78 is 5.25. The van der Waals surface area contributed by atoms with Crippen LogP contribution < -0.4 is 5.32 Å². The van der Waals surface area contributed by atoms with E-state index in [9.17, 15) is 9.90 Å². The highest BCUT2D eigenvalue weighted by Crippen LogP contribution is 2.25. The second kappa shape index (κ2) is 6.50. The summed E-state index contributed by atoms with van der Waals surface area (Å²) in [7, 11) is 0. The van der Waals surface area contributed by atoms with Gasteiger partial charge >= 0.3 is 0 Å². The molecule has 6 heteroatoms. The van der Waals surface area contributed by atoms with Crippen molar-refractivity contribution >= 4 is 17.5 Å². The quantitative estimate of drug-likeness (QED) is 0.908. The van der Waals surface area contributed by atoms with E-state index in [2.05, 4.69) is 10.5 Å². The molecular formula is C16H17ClN2O3. The number of nitrogens with zero attached hydrogens (tertiary/aromatic N) is 1. The van der Waals surface area contributed by atoms with Gasteiger partial charge in [-0.15, -0.1) is 0 Å². The first-order valence-electron chi connectivity index (χ1n) is 7.33. The summed E-state index contributed by atoms with van der Waals surface area (Å²) in [5.41, 5.74) is 2.02. The van der Waals surface area contributed by atoms with E-state index in [0.717, 1.165) is 42.6 Å². The van der Waals surface area contributed by atoms with Gasteiger partial charge in [0.15, 0.2) is 5.69 Å². The van der Waals surface area contributed by atoms with E-state index >= 15 is 0 Å². The number of hydrogen-bond acceptors (Lipinski definition) is 4. The Labute approximate surface area is 133 Å². The lowest BCUT2D eigenvalue weighted by atomic mass is 9.96. The molecule has 2 aromatic rings. The molecule has 1 aromatic heterocycles. The summed E-state index contributed by atoms with van der Waals surface area (Å²) >= 11 is 5.85. The molecule has 22 heavy (non-hydrogen) atoms. The smallest absolute Gasteiger partial charge is 0.274 e. The van der Waals surface area contributed by atoms with Gasteiger partial charge in [-0.05, 0) is 37.0 Å². The second-order valence-corrected chi connectivity index (χ2v) is 5.84. The summed E-state index contributed by atoms with van der Waals surface area (Å²) in [5, 5.41) is 16.9. The number of aryl methyl sites for hydroxylation is 1. The van der Waals surface area contributed by atoms with E-state index in [4.69, 9.17) is 16.1 Å². The van der Waals surface area contributed by atoms with E-state index in [-0.39, 0.29) is 12.5 Å². The number of nitrogens with one attached hydrogen (secondary N) is 1. The van der Waals surface area contributed by atoms with Crippen molar-refractivity contribution in [1.29, 1.82) is 0 Å². The van der Waals surface area contributed by atoms with Gasteiger partial charge in [0.2, 0.25) is 0 Å². The van der Waals surface area contributed by atoms with Crippen LogP contribution in [0.5, 0.6) is 0 Å². The molecule has 0 spiro atoms. The maximum atomic E-state index is 12.4. The number of rotatable bonds is 4. The van der Waals surface area contributed by atoms with Crippen LogP contribution in [0.1, 0.15) is 46.3 Å². The van der Waals surface area contributed by atoms with E-state index in [1.165, 1.54) is 0 Å². The number of aromatic nitrogens is 1. The topological polar surface area (TPSA) is 75.4 Å². The Kier molecular flexibility index (Phi) is 4.45. The molecule has 0 saturated carbocycles. The van der Waals surface area contributed by atoms with Crippen molar-refractivity contribution in [3.05, 3.63) is 51.9 Å². The van der Waals surface area contributed by atoms with Crippen LogP contribution in [-0.2, 0) is 12.8 Å². The molecule has 0 fully saturated rings. The van der Waals surface area contributed by atoms with E-state index in [1.54, 1.807) is 24.3 Å². The number of carbonyl (C=O) groups excluding carboxylic acids is 1. The minimum absolute atomic E-state index is 0.201. The molecule has 0 aliphatic heterocycles. The van der Waals surface area contributed by atoms with Crippen molar-refractivity contribution in [3.8, 4) is 0 Å². The van der Waals surface area contributed by atoms with Crippen LogP contribution in [0.4, 0.5) is 0 Å². The molecule has 1 amide bonds. The maximum Gasteiger partial charge on any atom is 0.274 e. The lowest BCUT2D eigenvalue weighted by molar-refractivity contribution is 0.0906. The molecule has 116 valence electrons. The van der Waals surface area contributed by atoms with Crippen molar-refractivity contribution in [2.45, 2.75) is 31.7 Å². The lowest BCUT2D eigenvalue weighted by Crippen LogP contribution is -2.31. The zero-order valence-electron chi connectivity index (χ0n) is 12.0. The molecular weight excluding hydrogens is 304 g/mol. The predicted octanol–water partition coefficient (Wildman–Crippen LogP) is 2.67. The van der Waals surface area contributed by atoms with Gasteiger partial charge in [0, 0.05) is 17.0 Å². The highest BCUT2D eigenvalue weighted by Gasteiger charge is 2.25. The average Bonchev–Trinajstić information content (AvgIpc) is 2.97. The molecule has 0 bridgehead atoms. The highest BCUT2D eigenvalue weighted by molar-refractivity contribution is 6.30. The molecule has 1 heterocycles. The highest BCUT2D eigenvalue weighted by atomic mass is 35.5. The molecule has 0 saturated heterocycles. The molecule has 1 atom stereocenters. The first kappa shape index (κ1) is 15.1. The Morgan fingerprint density at radius 2 is 2.05 bits per heavy atom. The fourth-order valence-electron chi connectivity index (χ4n) is 2.72. The molecule has 1 aliphatic carbocycles. The molecule has 3 rings (SSSR count). The molecule has 1 aliphatic rings. The molecule has 1 unspecified atom stereocenters. The largest absolute Gasteiger partial charge is 0.394 e. The van der Waals surface area contributed by atoms with Gasteiger partial charge in [0.05, 0.1) is 12.6 Å². The van der Waals surface area contributed by atoms with Crippen molar-refractivity contribution in [1.82, 2.24) is 10.5 Å². The third-order valence-electron chi connectivity index (χ3n) is 3.93. The van der Waals surface area contributed by atoms with Crippen LogP contribution >= 0.6 is 11.6 Å². The second-order valence-electron chi connectivity index (χ2n) is 5.40. The van der Waals surface area contributed by atoms with Gasteiger partial charge in [0.25, 0.3) is 5.91 Å². The summed E-state index contributed by atoms with van der Waals surface area (Å²) in [5.74, 6) is 0.490. The number of aliphatic hydroxyl groups excluding tert-OH is 1.